The van der Waals surface area contributed by atoms with Crippen LogP contribution in [0.4, 0.5) is 5.82 Å². The van der Waals surface area contributed by atoms with Gasteiger partial charge in [0.05, 0.1) is 17.1 Å². The van der Waals surface area contributed by atoms with Gasteiger partial charge in [0, 0.05) is 12.6 Å². The monoisotopic (exact) mass is 360 g/mol. The van der Waals surface area contributed by atoms with Crippen molar-refractivity contribution in [1.29, 1.82) is 0 Å². The summed E-state index contributed by atoms with van der Waals surface area (Å²) in [5.41, 5.74) is 0. The van der Waals surface area contributed by atoms with Gasteiger partial charge < -0.3 is 5.32 Å². The summed E-state index contributed by atoms with van der Waals surface area (Å²) in [5, 5.41) is 3.72. The Bertz CT molecular complexity index is 623. The van der Waals surface area contributed by atoms with Crippen LogP contribution in [0, 0.1) is 5.92 Å². The fourth-order valence-electron chi connectivity index (χ4n) is 2.58. The first-order chi connectivity index (χ1) is 10.7. The molecule has 0 aromatic carbocycles. The average molecular weight is 361 g/mol. The van der Waals surface area contributed by atoms with E-state index in [-0.39, 0.29) is 0 Å². The zero-order valence-electron chi connectivity index (χ0n) is 13.8. The maximum atomic E-state index is 12.1. The molecule has 0 atom stereocenters. The van der Waals surface area contributed by atoms with Gasteiger partial charge >= 0.3 is 0 Å². The summed E-state index contributed by atoms with van der Waals surface area (Å²) >= 11 is 5.83. The topological polar surface area (TPSA) is 84.0 Å². The lowest BCUT2D eigenvalue weighted by molar-refractivity contribution is 0.336. The van der Waals surface area contributed by atoms with Crippen LogP contribution in [0.3, 0.4) is 0 Å². The van der Waals surface area contributed by atoms with Gasteiger partial charge in [-0.1, -0.05) is 11.6 Å². The van der Waals surface area contributed by atoms with E-state index in [0.29, 0.717) is 29.5 Å². The molecule has 8 heteroatoms. The van der Waals surface area contributed by atoms with Crippen molar-refractivity contribution in [2.75, 3.05) is 11.9 Å². The van der Waals surface area contributed by atoms with E-state index in [1.54, 1.807) is 27.0 Å². The van der Waals surface area contributed by atoms with Crippen LogP contribution >= 0.6 is 11.6 Å². The highest BCUT2D eigenvalue weighted by Crippen LogP contribution is 2.26. The number of nitrogens with zero attached hydrogens (tertiary/aromatic N) is 2. The number of nitrogens with one attached hydrogen (secondary N) is 2. The molecule has 1 heterocycles. The number of hydrogen-bond acceptors (Lipinski definition) is 5. The Balaban J connectivity index is 1.78. The summed E-state index contributed by atoms with van der Waals surface area (Å²) in [5.74, 6) is 1.07. The molecule has 1 aromatic rings. The minimum atomic E-state index is -3.26. The molecule has 0 bridgehead atoms. The van der Waals surface area contributed by atoms with Gasteiger partial charge in [0.15, 0.2) is 0 Å². The number of hydrogen-bond donors (Lipinski definition) is 2. The highest BCUT2D eigenvalue weighted by atomic mass is 35.5. The minimum absolute atomic E-state index is 0.332. The zero-order chi connectivity index (χ0) is 17.1. The Labute approximate surface area is 143 Å². The number of aromatic nitrogens is 2. The van der Waals surface area contributed by atoms with Crippen LogP contribution in [0.15, 0.2) is 12.4 Å². The van der Waals surface area contributed by atoms with E-state index in [1.165, 1.54) is 6.20 Å². The SMILES string of the molecule is CC(C)(C)S(=O)(=O)NCC1CCC(Nc2cncc(Cl)n2)CC1. The Morgan fingerprint density at radius 2 is 1.87 bits per heavy atom. The number of halogens is 1. The maximum absolute atomic E-state index is 12.1. The highest BCUT2D eigenvalue weighted by molar-refractivity contribution is 7.90. The van der Waals surface area contributed by atoms with E-state index in [9.17, 15) is 8.42 Å². The van der Waals surface area contributed by atoms with Gasteiger partial charge in [-0.2, -0.15) is 0 Å². The highest BCUT2D eigenvalue weighted by Gasteiger charge is 2.30. The van der Waals surface area contributed by atoms with Crippen molar-refractivity contribution in [2.45, 2.75) is 57.2 Å². The standard InChI is InChI=1S/C15H25ClN4O2S/c1-15(2,3)23(21,22)18-8-11-4-6-12(7-5-11)19-14-10-17-9-13(16)20-14/h9-12,18H,4-8H2,1-3H3,(H,19,20). The Morgan fingerprint density at radius 3 is 2.43 bits per heavy atom. The van der Waals surface area contributed by atoms with Gasteiger partial charge in [-0.15, -0.1) is 0 Å². The van der Waals surface area contributed by atoms with E-state index in [2.05, 4.69) is 20.0 Å². The lowest BCUT2D eigenvalue weighted by Crippen LogP contribution is -2.42. The van der Waals surface area contributed by atoms with Gasteiger partial charge in [-0.3, -0.25) is 4.98 Å². The predicted molar refractivity (Wildman–Crippen MR) is 93.1 cm³/mol. The van der Waals surface area contributed by atoms with E-state index >= 15 is 0 Å². The van der Waals surface area contributed by atoms with Crippen LogP contribution in [-0.4, -0.2) is 35.7 Å². The van der Waals surface area contributed by atoms with Crippen molar-refractivity contribution in [3.8, 4) is 0 Å². The molecule has 1 aliphatic rings. The molecule has 2 N–H and O–H groups in total. The van der Waals surface area contributed by atoms with E-state index in [4.69, 9.17) is 11.6 Å². The van der Waals surface area contributed by atoms with Crippen LogP contribution in [0.2, 0.25) is 5.15 Å². The first-order valence-corrected chi connectivity index (χ1v) is 9.77. The first-order valence-electron chi connectivity index (χ1n) is 7.90. The second-order valence-corrected chi connectivity index (χ2v) is 9.96. The van der Waals surface area contributed by atoms with Crippen molar-refractivity contribution in [3.63, 3.8) is 0 Å². The fraction of sp³-hybridized carbons (Fsp3) is 0.733. The Kier molecular flexibility index (Phi) is 5.86. The second kappa shape index (κ2) is 7.32. The minimum Gasteiger partial charge on any atom is -0.366 e. The van der Waals surface area contributed by atoms with Crippen LogP contribution in [0.25, 0.3) is 0 Å². The molecule has 130 valence electrons. The lowest BCUT2D eigenvalue weighted by Gasteiger charge is -2.30. The lowest BCUT2D eigenvalue weighted by atomic mass is 9.86. The fourth-order valence-corrected chi connectivity index (χ4v) is 3.61. The average Bonchev–Trinajstić information content (AvgIpc) is 2.45. The molecule has 0 saturated heterocycles. The van der Waals surface area contributed by atoms with Crippen molar-refractivity contribution in [2.24, 2.45) is 5.92 Å². The van der Waals surface area contributed by atoms with Crippen LogP contribution in [0.1, 0.15) is 46.5 Å². The molecule has 0 aliphatic heterocycles. The summed E-state index contributed by atoms with van der Waals surface area (Å²) in [6.07, 6.45) is 7.10. The summed E-state index contributed by atoms with van der Waals surface area (Å²) in [6.45, 7) is 5.65. The molecule has 1 aliphatic carbocycles. The molecule has 0 spiro atoms. The summed E-state index contributed by atoms with van der Waals surface area (Å²) in [6, 6.07) is 0.332. The molecule has 0 unspecified atom stereocenters. The number of rotatable bonds is 5. The molecule has 0 radical (unpaired) electrons. The maximum Gasteiger partial charge on any atom is 0.216 e. The molecule has 1 fully saturated rings. The quantitative estimate of drug-likeness (QED) is 0.843. The molecule has 0 amide bonds. The molecule has 23 heavy (non-hydrogen) atoms. The third kappa shape index (κ3) is 5.29. The second-order valence-electron chi connectivity index (χ2n) is 7.05. The molecule has 1 saturated carbocycles. The molecule has 2 rings (SSSR count). The summed E-state index contributed by atoms with van der Waals surface area (Å²) < 4.78 is 26.1. The largest absolute Gasteiger partial charge is 0.366 e. The molecular formula is C15H25ClN4O2S. The van der Waals surface area contributed by atoms with Gasteiger partial charge in [0.1, 0.15) is 11.0 Å². The van der Waals surface area contributed by atoms with Gasteiger partial charge in [0.2, 0.25) is 10.0 Å². The molecular weight excluding hydrogens is 336 g/mol. The zero-order valence-corrected chi connectivity index (χ0v) is 15.4. The smallest absolute Gasteiger partial charge is 0.216 e. The third-order valence-corrected chi connectivity index (χ3v) is 6.51. The van der Waals surface area contributed by atoms with Gasteiger partial charge in [-0.05, 0) is 52.4 Å². The van der Waals surface area contributed by atoms with Crippen LogP contribution in [0.5, 0.6) is 0 Å². The number of anilines is 1. The number of sulfonamides is 1. The van der Waals surface area contributed by atoms with E-state index < -0.39 is 14.8 Å². The van der Waals surface area contributed by atoms with Crippen molar-refractivity contribution in [3.05, 3.63) is 17.5 Å². The molecule has 6 nitrogen and oxygen atoms in total. The van der Waals surface area contributed by atoms with E-state index in [1.807, 2.05) is 0 Å². The van der Waals surface area contributed by atoms with Crippen molar-refractivity contribution in [1.82, 2.24) is 14.7 Å². The van der Waals surface area contributed by atoms with Crippen molar-refractivity contribution >= 4 is 27.4 Å². The molecule has 1 aromatic heterocycles. The van der Waals surface area contributed by atoms with E-state index in [0.717, 1.165) is 25.7 Å². The summed E-state index contributed by atoms with van der Waals surface area (Å²) in [4.78, 5) is 8.19. The van der Waals surface area contributed by atoms with Crippen LogP contribution < -0.4 is 10.0 Å². The third-order valence-electron chi connectivity index (χ3n) is 4.17. The Morgan fingerprint density at radius 1 is 1.22 bits per heavy atom. The summed E-state index contributed by atoms with van der Waals surface area (Å²) in [7, 11) is -3.26. The predicted octanol–water partition coefficient (Wildman–Crippen LogP) is 2.82. The normalized spacial score (nSPS) is 22.8. The van der Waals surface area contributed by atoms with Crippen LogP contribution in [-0.2, 0) is 10.0 Å². The first kappa shape index (κ1) is 18.4. The Hall–Kier alpha value is -0.920. The van der Waals surface area contributed by atoms with Gasteiger partial charge in [0.25, 0.3) is 0 Å². The van der Waals surface area contributed by atoms with Crippen molar-refractivity contribution < 1.29 is 8.42 Å². The van der Waals surface area contributed by atoms with Gasteiger partial charge in [-0.25, -0.2) is 18.1 Å².